The van der Waals surface area contributed by atoms with Crippen molar-refractivity contribution in [2.75, 3.05) is 19.6 Å². The lowest BCUT2D eigenvalue weighted by Crippen LogP contribution is -2.49. The van der Waals surface area contributed by atoms with E-state index in [-0.39, 0.29) is 42.9 Å². The molecule has 1 amide bonds. The lowest BCUT2D eigenvalue weighted by atomic mass is 9.88. The molecule has 1 atom stereocenters. The Balaban J connectivity index is 0.00000264. The average molecular weight is 353 g/mol. The molecule has 0 aliphatic carbocycles. The summed E-state index contributed by atoms with van der Waals surface area (Å²) in [7, 11) is 0. The van der Waals surface area contributed by atoms with E-state index in [1.165, 1.54) is 12.1 Å². The summed E-state index contributed by atoms with van der Waals surface area (Å²) >= 11 is 0. The van der Waals surface area contributed by atoms with E-state index < -0.39 is 6.36 Å². The molecular formula is C15H20ClF3N2O2. The second-order valence-electron chi connectivity index (χ2n) is 5.40. The smallest absolute Gasteiger partial charge is 0.406 e. The largest absolute Gasteiger partial charge is 0.573 e. The van der Waals surface area contributed by atoms with Gasteiger partial charge in [0.1, 0.15) is 5.75 Å². The number of hydrogen-bond donors (Lipinski definition) is 2. The Morgan fingerprint density at radius 1 is 1.39 bits per heavy atom. The van der Waals surface area contributed by atoms with Crippen molar-refractivity contribution in [1.29, 1.82) is 0 Å². The van der Waals surface area contributed by atoms with Gasteiger partial charge in [-0.05, 0) is 37.1 Å². The van der Waals surface area contributed by atoms with E-state index in [2.05, 4.69) is 15.4 Å². The van der Waals surface area contributed by atoms with Gasteiger partial charge in [0.25, 0.3) is 0 Å². The van der Waals surface area contributed by atoms with Crippen LogP contribution in [0, 0.1) is 11.8 Å². The number of alkyl halides is 3. The first kappa shape index (κ1) is 19.6. The summed E-state index contributed by atoms with van der Waals surface area (Å²) in [5, 5.41) is 5.87. The molecule has 23 heavy (non-hydrogen) atoms. The van der Waals surface area contributed by atoms with E-state index in [0.717, 1.165) is 13.1 Å². The number of carbonyl (C=O) groups is 1. The molecule has 1 aliphatic rings. The first-order valence-corrected chi connectivity index (χ1v) is 7.19. The van der Waals surface area contributed by atoms with Crippen LogP contribution < -0.4 is 15.4 Å². The zero-order valence-electron chi connectivity index (χ0n) is 12.7. The van der Waals surface area contributed by atoms with Crippen molar-refractivity contribution < 1.29 is 22.7 Å². The number of halogens is 4. The van der Waals surface area contributed by atoms with Gasteiger partial charge in [-0.1, -0.05) is 25.1 Å². The number of amides is 1. The van der Waals surface area contributed by atoms with Gasteiger partial charge in [0.2, 0.25) is 5.91 Å². The van der Waals surface area contributed by atoms with Crippen LogP contribution in [0.25, 0.3) is 0 Å². The van der Waals surface area contributed by atoms with Crippen molar-refractivity contribution in [3.8, 4) is 5.75 Å². The minimum Gasteiger partial charge on any atom is -0.406 e. The second-order valence-corrected chi connectivity index (χ2v) is 5.40. The van der Waals surface area contributed by atoms with Gasteiger partial charge in [0, 0.05) is 12.5 Å². The summed E-state index contributed by atoms with van der Waals surface area (Å²) < 4.78 is 40.9. The van der Waals surface area contributed by atoms with Crippen LogP contribution in [-0.4, -0.2) is 31.9 Å². The molecule has 1 fully saturated rings. The Hall–Kier alpha value is -1.47. The fourth-order valence-corrected chi connectivity index (χ4v) is 2.29. The van der Waals surface area contributed by atoms with Crippen molar-refractivity contribution in [1.82, 2.24) is 10.6 Å². The van der Waals surface area contributed by atoms with Gasteiger partial charge < -0.3 is 15.4 Å². The van der Waals surface area contributed by atoms with Crippen molar-refractivity contribution in [2.24, 2.45) is 11.8 Å². The first-order valence-electron chi connectivity index (χ1n) is 7.19. The summed E-state index contributed by atoms with van der Waals surface area (Å²) in [6.45, 7) is 3.80. The molecule has 2 rings (SSSR count). The number of benzene rings is 1. The quantitative estimate of drug-likeness (QED) is 0.827. The van der Waals surface area contributed by atoms with Crippen molar-refractivity contribution >= 4 is 18.3 Å². The fourth-order valence-electron chi connectivity index (χ4n) is 2.29. The maximum atomic E-state index is 12.3. The molecular weight excluding hydrogens is 333 g/mol. The lowest BCUT2D eigenvalue weighted by molar-refractivity contribution is -0.274. The summed E-state index contributed by atoms with van der Waals surface area (Å²) in [6.07, 6.45) is -4.43. The minimum absolute atomic E-state index is 0. The highest BCUT2D eigenvalue weighted by molar-refractivity contribution is 5.85. The Bertz CT molecular complexity index is 522. The minimum atomic E-state index is -4.72. The number of para-hydroxylation sites is 1. The van der Waals surface area contributed by atoms with Gasteiger partial charge in [-0.25, -0.2) is 0 Å². The lowest BCUT2D eigenvalue weighted by Gasteiger charge is -2.31. The van der Waals surface area contributed by atoms with Crippen LogP contribution in [0.15, 0.2) is 24.3 Å². The molecule has 1 aromatic carbocycles. The Kier molecular flexibility index (Phi) is 7.15. The van der Waals surface area contributed by atoms with Gasteiger partial charge in [0.15, 0.2) is 0 Å². The van der Waals surface area contributed by atoms with Crippen LogP contribution in [0.2, 0.25) is 0 Å². The van der Waals surface area contributed by atoms with Crippen molar-refractivity contribution in [3.05, 3.63) is 29.8 Å². The van der Waals surface area contributed by atoms with E-state index in [9.17, 15) is 18.0 Å². The van der Waals surface area contributed by atoms with Crippen LogP contribution in [0.1, 0.15) is 12.5 Å². The number of nitrogens with one attached hydrogen (secondary N) is 2. The van der Waals surface area contributed by atoms with Crippen molar-refractivity contribution in [3.63, 3.8) is 0 Å². The molecule has 130 valence electrons. The summed E-state index contributed by atoms with van der Waals surface area (Å²) in [5.41, 5.74) is 0.415. The monoisotopic (exact) mass is 352 g/mol. The van der Waals surface area contributed by atoms with E-state index in [0.29, 0.717) is 11.5 Å². The molecule has 0 radical (unpaired) electrons. The van der Waals surface area contributed by atoms with Gasteiger partial charge in [0.05, 0.1) is 0 Å². The Morgan fingerprint density at radius 2 is 2.04 bits per heavy atom. The first-order chi connectivity index (χ1) is 10.4. The highest BCUT2D eigenvalue weighted by Gasteiger charge is 2.32. The molecule has 1 unspecified atom stereocenters. The fraction of sp³-hybridized carbons (Fsp3) is 0.533. The predicted octanol–water partition coefficient (Wildman–Crippen LogP) is 2.52. The predicted molar refractivity (Wildman–Crippen MR) is 82.6 cm³/mol. The molecule has 1 heterocycles. The molecule has 4 nitrogen and oxygen atoms in total. The van der Waals surface area contributed by atoms with E-state index in [1.807, 2.05) is 6.92 Å². The maximum absolute atomic E-state index is 12.3. The van der Waals surface area contributed by atoms with Gasteiger partial charge >= 0.3 is 6.36 Å². The third kappa shape index (κ3) is 5.91. The number of rotatable bonds is 6. The molecule has 0 aromatic heterocycles. The van der Waals surface area contributed by atoms with Gasteiger partial charge in [-0.2, -0.15) is 0 Å². The number of ether oxygens (including phenoxy) is 1. The van der Waals surface area contributed by atoms with Crippen LogP contribution in [0.3, 0.4) is 0 Å². The Morgan fingerprint density at radius 3 is 2.61 bits per heavy atom. The third-order valence-electron chi connectivity index (χ3n) is 3.83. The molecule has 0 spiro atoms. The summed E-state index contributed by atoms with van der Waals surface area (Å²) in [6, 6.07) is 5.96. The molecule has 1 aliphatic heterocycles. The van der Waals surface area contributed by atoms with Crippen LogP contribution in [0.5, 0.6) is 5.75 Å². The summed E-state index contributed by atoms with van der Waals surface area (Å²) in [5.74, 6) is -0.0509. The highest BCUT2D eigenvalue weighted by Crippen LogP contribution is 2.26. The maximum Gasteiger partial charge on any atom is 0.573 e. The van der Waals surface area contributed by atoms with Gasteiger partial charge in [-0.15, -0.1) is 25.6 Å². The molecule has 0 bridgehead atoms. The molecule has 2 N–H and O–H groups in total. The van der Waals surface area contributed by atoms with Crippen LogP contribution >= 0.6 is 12.4 Å². The zero-order chi connectivity index (χ0) is 16.2. The van der Waals surface area contributed by atoms with Crippen molar-refractivity contribution in [2.45, 2.75) is 19.7 Å². The highest BCUT2D eigenvalue weighted by atomic mass is 35.5. The van der Waals surface area contributed by atoms with Gasteiger partial charge in [-0.3, -0.25) is 4.79 Å². The van der Waals surface area contributed by atoms with Crippen LogP contribution in [-0.2, 0) is 11.2 Å². The normalized spacial score (nSPS) is 16.0. The molecule has 1 aromatic rings. The van der Waals surface area contributed by atoms with E-state index in [1.54, 1.807) is 12.1 Å². The molecule has 1 saturated heterocycles. The zero-order valence-corrected chi connectivity index (χ0v) is 13.5. The molecule has 8 heteroatoms. The van der Waals surface area contributed by atoms with E-state index in [4.69, 9.17) is 0 Å². The number of hydrogen-bond acceptors (Lipinski definition) is 3. The second kappa shape index (κ2) is 8.40. The summed E-state index contributed by atoms with van der Waals surface area (Å²) in [4.78, 5) is 11.9. The third-order valence-corrected chi connectivity index (χ3v) is 3.83. The standard InChI is InChI=1S/C15H19F3N2O2.ClH/c1-10(12-8-19-9-12)14(21)20-7-6-11-4-2-3-5-13(11)22-15(16,17)18;/h2-5,10,12,19H,6-9H2,1H3,(H,20,21);1H. The SMILES string of the molecule is CC(C(=O)NCCc1ccccc1OC(F)(F)F)C1CNC1.Cl. The van der Waals surface area contributed by atoms with E-state index >= 15 is 0 Å². The number of carbonyl (C=O) groups excluding carboxylic acids is 1. The molecule has 0 saturated carbocycles. The average Bonchev–Trinajstić information content (AvgIpc) is 2.36. The topological polar surface area (TPSA) is 50.4 Å². The van der Waals surface area contributed by atoms with Crippen LogP contribution in [0.4, 0.5) is 13.2 Å². The Labute approximate surface area is 139 Å².